The van der Waals surface area contributed by atoms with Crippen molar-refractivity contribution >= 4 is 33.7 Å². The van der Waals surface area contributed by atoms with Gasteiger partial charge in [0.1, 0.15) is 5.75 Å². The van der Waals surface area contributed by atoms with Crippen LogP contribution in [0.5, 0.6) is 5.75 Å². The Morgan fingerprint density at radius 1 is 1.19 bits per heavy atom. The summed E-state index contributed by atoms with van der Waals surface area (Å²) in [5, 5.41) is 14.8. The lowest BCUT2D eigenvalue weighted by Crippen LogP contribution is -2.05. The van der Waals surface area contributed by atoms with Crippen molar-refractivity contribution in [2.24, 2.45) is 0 Å². The van der Waals surface area contributed by atoms with Crippen LogP contribution in [0.4, 0.5) is 11.4 Å². The maximum Gasteiger partial charge on any atom is 0.142 e. The molecule has 0 bridgehead atoms. The summed E-state index contributed by atoms with van der Waals surface area (Å²) < 4.78 is 5.49. The minimum atomic E-state index is 0.351. The van der Waals surface area contributed by atoms with Gasteiger partial charge in [0.25, 0.3) is 0 Å². The smallest absolute Gasteiger partial charge is 0.142 e. The summed E-state index contributed by atoms with van der Waals surface area (Å²) in [4.78, 5) is 0. The Bertz CT molecular complexity index is 1040. The summed E-state index contributed by atoms with van der Waals surface area (Å²) in [6.45, 7) is 4.07. The molecule has 3 aromatic carbocycles. The van der Waals surface area contributed by atoms with Crippen LogP contribution in [0.15, 0.2) is 60.7 Å². The lowest BCUT2D eigenvalue weighted by Gasteiger charge is -2.15. The molecule has 3 aromatic rings. The molecule has 0 radical (unpaired) electrons. The predicted molar refractivity (Wildman–Crippen MR) is 109 cm³/mol. The fourth-order valence-corrected chi connectivity index (χ4v) is 2.95. The first-order valence-electron chi connectivity index (χ1n) is 8.01. The quantitative estimate of drug-likeness (QED) is 0.480. The Morgan fingerprint density at radius 3 is 2.58 bits per heavy atom. The molecular formula is C21H18ClN3O. The molecule has 0 saturated heterocycles. The summed E-state index contributed by atoms with van der Waals surface area (Å²) >= 11 is 6.16. The van der Waals surface area contributed by atoms with Gasteiger partial charge in [0.2, 0.25) is 0 Å². The molecule has 0 saturated carbocycles. The minimum Gasteiger partial charge on any atom is -0.495 e. The lowest BCUT2D eigenvalue weighted by atomic mass is 9.99. The Balaban J connectivity index is 2.13. The SMILES string of the molecule is C=C(C#N)CNc1c(OC)ccc2ccc(-c3ccc(N)c(Cl)c3)cc12. The van der Waals surface area contributed by atoms with Crippen molar-refractivity contribution in [2.75, 3.05) is 24.7 Å². The van der Waals surface area contributed by atoms with Gasteiger partial charge in [-0.05, 0) is 40.8 Å². The highest BCUT2D eigenvalue weighted by Crippen LogP contribution is 2.36. The zero-order chi connectivity index (χ0) is 18.7. The summed E-state index contributed by atoms with van der Waals surface area (Å²) in [5.41, 5.74) is 9.61. The van der Waals surface area contributed by atoms with E-state index in [9.17, 15) is 0 Å². The third-order valence-electron chi connectivity index (χ3n) is 4.17. The molecule has 0 atom stereocenters. The molecule has 0 amide bonds. The molecule has 4 nitrogen and oxygen atoms in total. The number of ether oxygens (including phenoxy) is 1. The maximum atomic E-state index is 8.95. The van der Waals surface area contributed by atoms with E-state index in [-0.39, 0.29) is 0 Å². The first kappa shape index (κ1) is 17.7. The van der Waals surface area contributed by atoms with Crippen molar-refractivity contribution in [1.82, 2.24) is 0 Å². The Labute approximate surface area is 157 Å². The number of halogens is 1. The normalized spacial score (nSPS) is 10.3. The van der Waals surface area contributed by atoms with Gasteiger partial charge in [-0.1, -0.05) is 42.4 Å². The molecule has 0 fully saturated rings. The Morgan fingerprint density at radius 2 is 1.88 bits per heavy atom. The van der Waals surface area contributed by atoms with E-state index in [0.29, 0.717) is 28.6 Å². The van der Waals surface area contributed by atoms with Crippen LogP contribution in [0, 0.1) is 11.3 Å². The highest BCUT2D eigenvalue weighted by molar-refractivity contribution is 6.33. The van der Waals surface area contributed by atoms with Gasteiger partial charge in [-0.15, -0.1) is 0 Å². The molecule has 0 aliphatic rings. The second-order valence-corrected chi connectivity index (χ2v) is 6.29. The molecule has 0 heterocycles. The molecule has 3 rings (SSSR count). The molecule has 0 unspecified atom stereocenters. The van der Waals surface area contributed by atoms with Crippen LogP contribution >= 0.6 is 11.6 Å². The first-order valence-corrected chi connectivity index (χ1v) is 8.39. The van der Waals surface area contributed by atoms with Gasteiger partial charge in [-0.25, -0.2) is 0 Å². The van der Waals surface area contributed by atoms with Crippen LogP contribution in [-0.4, -0.2) is 13.7 Å². The van der Waals surface area contributed by atoms with E-state index in [0.717, 1.165) is 27.6 Å². The number of nitrogens with zero attached hydrogens (tertiary/aromatic N) is 1. The van der Waals surface area contributed by atoms with Crippen molar-refractivity contribution in [3.05, 3.63) is 65.7 Å². The zero-order valence-corrected chi connectivity index (χ0v) is 15.1. The number of nitrogen functional groups attached to an aromatic ring is 1. The van der Waals surface area contributed by atoms with Gasteiger partial charge in [0.05, 0.1) is 29.6 Å². The van der Waals surface area contributed by atoms with E-state index in [2.05, 4.69) is 18.0 Å². The van der Waals surface area contributed by atoms with Crippen LogP contribution in [0.1, 0.15) is 0 Å². The predicted octanol–water partition coefficient (Wildman–Crippen LogP) is 5.24. The van der Waals surface area contributed by atoms with Crippen LogP contribution in [0.25, 0.3) is 21.9 Å². The molecule has 5 heteroatoms. The number of benzene rings is 3. The number of methoxy groups -OCH3 is 1. The average molecular weight is 364 g/mol. The number of hydrogen-bond acceptors (Lipinski definition) is 4. The van der Waals surface area contributed by atoms with E-state index < -0.39 is 0 Å². The van der Waals surface area contributed by atoms with Crippen molar-refractivity contribution in [3.63, 3.8) is 0 Å². The fraction of sp³-hybridized carbons (Fsp3) is 0.0952. The molecule has 3 N–H and O–H groups in total. The van der Waals surface area contributed by atoms with Crippen molar-refractivity contribution < 1.29 is 4.74 Å². The number of hydrogen-bond donors (Lipinski definition) is 2. The Hall–Kier alpha value is -3.16. The van der Waals surface area contributed by atoms with Crippen LogP contribution in [-0.2, 0) is 0 Å². The highest BCUT2D eigenvalue weighted by Gasteiger charge is 2.10. The van der Waals surface area contributed by atoms with Crippen molar-refractivity contribution in [1.29, 1.82) is 5.26 Å². The summed E-state index contributed by atoms with van der Waals surface area (Å²) in [6, 6.07) is 17.7. The summed E-state index contributed by atoms with van der Waals surface area (Å²) in [5.74, 6) is 0.704. The molecule has 0 aromatic heterocycles. The molecule has 0 aliphatic carbocycles. The lowest BCUT2D eigenvalue weighted by molar-refractivity contribution is 0.417. The topological polar surface area (TPSA) is 71.1 Å². The molecule has 0 spiro atoms. The third-order valence-corrected chi connectivity index (χ3v) is 4.50. The van der Waals surface area contributed by atoms with Gasteiger partial charge in [0, 0.05) is 17.5 Å². The fourth-order valence-electron chi connectivity index (χ4n) is 2.77. The minimum absolute atomic E-state index is 0.351. The highest BCUT2D eigenvalue weighted by atomic mass is 35.5. The largest absolute Gasteiger partial charge is 0.495 e. The van der Waals surface area contributed by atoms with Gasteiger partial charge < -0.3 is 15.8 Å². The second-order valence-electron chi connectivity index (χ2n) is 5.88. The Kier molecular flexibility index (Phi) is 5.01. The van der Waals surface area contributed by atoms with Crippen LogP contribution in [0.3, 0.4) is 0 Å². The van der Waals surface area contributed by atoms with E-state index in [4.69, 9.17) is 27.3 Å². The second kappa shape index (κ2) is 7.38. The number of rotatable bonds is 5. The number of nitrogens with two attached hydrogens (primary N) is 1. The third kappa shape index (κ3) is 3.44. The number of nitrogens with one attached hydrogen (secondary N) is 1. The monoisotopic (exact) mass is 363 g/mol. The maximum absolute atomic E-state index is 8.95. The summed E-state index contributed by atoms with van der Waals surface area (Å²) in [6.07, 6.45) is 0. The van der Waals surface area contributed by atoms with Gasteiger partial charge >= 0.3 is 0 Å². The molecule has 26 heavy (non-hydrogen) atoms. The molecule has 0 aliphatic heterocycles. The van der Waals surface area contributed by atoms with Crippen molar-refractivity contribution in [2.45, 2.75) is 0 Å². The number of nitriles is 1. The first-order chi connectivity index (χ1) is 12.5. The average Bonchev–Trinajstić information content (AvgIpc) is 2.67. The van der Waals surface area contributed by atoms with Crippen LogP contribution in [0.2, 0.25) is 5.02 Å². The molecular weight excluding hydrogens is 346 g/mol. The standard InChI is InChI=1S/C21H18ClN3O/c1-13(11-23)12-25-21-17-9-15(16-5-7-19(24)18(22)10-16)4-3-14(17)6-8-20(21)26-2/h3-10,25H,1,12,24H2,2H3. The number of anilines is 2. The zero-order valence-electron chi connectivity index (χ0n) is 14.3. The van der Waals surface area contributed by atoms with Gasteiger partial charge in [-0.3, -0.25) is 0 Å². The van der Waals surface area contributed by atoms with Gasteiger partial charge in [0.15, 0.2) is 0 Å². The number of fused-ring (bicyclic) bond motifs is 1. The van der Waals surface area contributed by atoms with E-state index in [1.54, 1.807) is 13.2 Å². The van der Waals surface area contributed by atoms with E-state index in [1.165, 1.54) is 0 Å². The van der Waals surface area contributed by atoms with E-state index in [1.807, 2.05) is 42.5 Å². The van der Waals surface area contributed by atoms with E-state index >= 15 is 0 Å². The molecule has 130 valence electrons. The van der Waals surface area contributed by atoms with Gasteiger partial charge in [-0.2, -0.15) is 5.26 Å². The van der Waals surface area contributed by atoms with Crippen LogP contribution < -0.4 is 15.8 Å². The van der Waals surface area contributed by atoms with Crippen molar-refractivity contribution in [3.8, 4) is 22.9 Å². The summed E-state index contributed by atoms with van der Waals surface area (Å²) in [7, 11) is 1.62.